The molecule has 0 saturated heterocycles. The number of aromatic hydroxyl groups is 2. The highest BCUT2D eigenvalue weighted by Crippen LogP contribution is 2.32. The lowest BCUT2D eigenvalue weighted by atomic mass is 10.1. The number of phenolic OH excluding ortho intramolecular Hbond substituents is 2. The van der Waals surface area contributed by atoms with E-state index < -0.39 is 28.7 Å². The van der Waals surface area contributed by atoms with Gasteiger partial charge >= 0.3 is 0 Å². The summed E-state index contributed by atoms with van der Waals surface area (Å²) in [7, 11) is 0. The normalized spacial score (nSPS) is 9.92. The summed E-state index contributed by atoms with van der Waals surface area (Å²) in [5.74, 6) is -1.07. The molecule has 6 heteroatoms. The zero-order valence-electron chi connectivity index (χ0n) is 6.47. The van der Waals surface area contributed by atoms with E-state index in [1.54, 1.807) is 0 Å². The van der Waals surface area contributed by atoms with Gasteiger partial charge in [-0.1, -0.05) is 0 Å². The van der Waals surface area contributed by atoms with Crippen molar-refractivity contribution in [3.63, 3.8) is 0 Å². The molecule has 0 unspecified atom stereocenters. The fourth-order valence-electron chi connectivity index (χ4n) is 0.906. The standard InChI is InChI=1S/C7H7NO5/c9-3-4-1-6(10)7(11)2-5(4)8(12)13/h1-2,9-11H,3H2. The molecule has 0 aromatic heterocycles. The quantitative estimate of drug-likeness (QED) is 0.353. The van der Waals surface area contributed by atoms with Gasteiger partial charge in [0.15, 0.2) is 11.5 Å². The van der Waals surface area contributed by atoms with Crippen molar-refractivity contribution in [1.82, 2.24) is 0 Å². The van der Waals surface area contributed by atoms with Crippen molar-refractivity contribution in [2.45, 2.75) is 6.61 Å². The van der Waals surface area contributed by atoms with E-state index in [0.29, 0.717) is 0 Å². The Bertz CT molecular complexity index is 349. The second kappa shape index (κ2) is 3.28. The van der Waals surface area contributed by atoms with Crippen molar-refractivity contribution in [3.05, 3.63) is 27.8 Å². The smallest absolute Gasteiger partial charge is 0.278 e. The van der Waals surface area contributed by atoms with Crippen LogP contribution in [0.4, 0.5) is 5.69 Å². The van der Waals surface area contributed by atoms with Crippen molar-refractivity contribution in [1.29, 1.82) is 0 Å². The maximum absolute atomic E-state index is 10.3. The number of hydrogen-bond donors (Lipinski definition) is 3. The van der Waals surface area contributed by atoms with Crippen LogP contribution in [-0.4, -0.2) is 20.2 Å². The lowest BCUT2D eigenvalue weighted by Crippen LogP contribution is -1.94. The molecule has 1 rings (SSSR count). The largest absolute Gasteiger partial charge is 0.504 e. The maximum atomic E-state index is 10.3. The summed E-state index contributed by atoms with van der Waals surface area (Å²) < 4.78 is 0. The molecule has 1 aromatic carbocycles. The Balaban J connectivity index is 3.33. The lowest BCUT2D eigenvalue weighted by molar-refractivity contribution is -0.385. The van der Waals surface area contributed by atoms with E-state index in [0.717, 1.165) is 12.1 Å². The van der Waals surface area contributed by atoms with E-state index in [1.807, 2.05) is 0 Å². The monoisotopic (exact) mass is 185 g/mol. The van der Waals surface area contributed by atoms with Gasteiger partial charge in [-0.15, -0.1) is 0 Å². The zero-order chi connectivity index (χ0) is 10.0. The molecule has 0 bridgehead atoms. The Hall–Kier alpha value is -1.82. The number of nitrogens with zero attached hydrogens (tertiary/aromatic N) is 1. The number of nitro groups is 1. The van der Waals surface area contributed by atoms with Gasteiger partial charge in [0.05, 0.1) is 23.2 Å². The molecule has 0 aliphatic heterocycles. The molecule has 0 aliphatic rings. The van der Waals surface area contributed by atoms with Crippen LogP contribution in [0.25, 0.3) is 0 Å². The third-order valence-corrected chi connectivity index (χ3v) is 1.54. The van der Waals surface area contributed by atoms with Gasteiger partial charge in [0.1, 0.15) is 0 Å². The van der Waals surface area contributed by atoms with Gasteiger partial charge in [0.25, 0.3) is 5.69 Å². The first kappa shape index (κ1) is 9.27. The molecule has 70 valence electrons. The van der Waals surface area contributed by atoms with E-state index in [4.69, 9.17) is 15.3 Å². The Morgan fingerprint density at radius 3 is 2.31 bits per heavy atom. The lowest BCUT2D eigenvalue weighted by Gasteiger charge is -2.01. The molecule has 6 nitrogen and oxygen atoms in total. The summed E-state index contributed by atoms with van der Waals surface area (Å²) >= 11 is 0. The van der Waals surface area contributed by atoms with Gasteiger partial charge < -0.3 is 15.3 Å². The van der Waals surface area contributed by atoms with Gasteiger partial charge in [0.2, 0.25) is 0 Å². The fraction of sp³-hybridized carbons (Fsp3) is 0.143. The van der Waals surface area contributed by atoms with E-state index in [9.17, 15) is 10.1 Å². The van der Waals surface area contributed by atoms with E-state index in [1.165, 1.54) is 0 Å². The molecular weight excluding hydrogens is 178 g/mol. The molecule has 0 radical (unpaired) electrons. The number of rotatable bonds is 2. The molecule has 0 saturated carbocycles. The third-order valence-electron chi connectivity index (χ3n) is 1.54. The average Bonchev–Trinajstić information content (AvgIpc) is 2.08. The first-order chi connectivity index (χ1) is 6.06. The van der Waals surface area contributed by atoms with Crippen molar-refractivity contribution in [2.24, 2.45) is 0 Å². The second-order valence-electron chi connectivity index (χ2n) is 2.38. The average molecular weight is 185 g/mol. The Morgan fingerprint density at radius 1 is 1.31 bits per heavy atom. The van der Waals surface area contributed by atoms with Crippen LogP contribution in [0.2, 0.25) is 0 Å². The molecule has 0 aliphatic carbocycles. The highest BCUT2D eigenvalue weighted by Gasteiger charge is 2.16. The number of phenols is 2. The number of benzene rings is 1. The summed E-state index contributed by atoms with van der Waals surface area (Å²) in [5.41, 5.74) is -0.460. The number of aliphatic hydroxyl groups excluding tert-OH is 1. The van der Waals surface area contributed by atoms with Gasteiger partial charge in [-0.05, 0) is 6.07 Å². The van der Waals surface area contributed by atoms with Crippen LogP contribution in [-0.2, 0) is 6.61 Å². The maximum Gasteiger partial charge on any atom is 0.278 e. The van der Waals surface area contributed by atoms with Crippen LogP contribution in [0.15, 0.2) is 12.1 Å². The van der Waals surface area contributed by atoms with Crippen LogP contribution in [0, 0.1) is 10.1 Å². The van der Waals surface area contributed by atoms with Gasteiger partial charge in [-0.3, -0.25) is 10.1 Å². The van der Waals surface area contributed by atoms with Crippen molar-refractivity contribution in [3.8, 4) is 11.5 Å². The van der Waals surface area contributed by atoms with Crippen molar-refractivity contribution in [2.75, 3.05) is 0 Å². The first-order valence-electron chi connectivity index (χ1n) is 3.36. The van der Waals surface area contributed by atoms with Crippen LogP contribution in [0.1, 0.15) is 5.56 Å². The summed E-state index contributed by atoms with van der Waals surface area (Å²) in [6.07, 6.45) is 0. The molecule has 3 N–H and O–H groups in total. The molecule has 0 amide bonds. The summed E-state index contributed by atoms with van der Waals surface area (Å²) in [4.78, 5) is 9.60. The molecule has 0 heterocycles. The van der Waals surface area contributed by atoms with Crippen molar-refractivity contribution < 1.29 is 20.2 Å². The summed E-state index contributed by atoms with van der Waals surface area (Å²) in [5, 5.41) is 36.9. The Kier molecular flexibility index (Phi) is 2.34. The highest BCUT2D eigenvalue weighted by atomic mass is 16.6. The second-order valence-corrected chi connectivity index (χ2v) is 2.38. The molecule has 0 spiro atoms. The van der Waals surface area contributed by atoms with Gasteiger partial charge in [0, 0.05) is 0 Å². The molecule has 1 aromatic rings. The predicted octanol–water partition coefficient (Wildman–Crippen LogP) is 0.498. The van der Waals surface area contributed by atoms with Gasteiger partial charge in [-0.25, -0.2) is 0 Å². The third kappa shape index (κ3) is 1.67. The van der Waals surface area contributed by atoms with E-state index in [-0.39, 0.29) is 5.56 Å². The number of aliphatic hydroxyl groups is 1. The predicted molar refractivity (Wildman–Crippen MR) is 42.3 cm³/mol. The molecule has 0 fully saturated rings. The topological polar surface area (TPSA) is 104 Å². The zero-order valence-corrected chi connectivity index (χ0v) is 6.47. The first-order valence-corrected chi connectivity index (χ1v) is 3.36. The number of hydrogen-bond acceptors (Lipinski definition) is 5. The van der Waals surface area contributed by atoms with Crippen LogP contribution in [0.3, 0.4) is 0 Å². The molecular formula is C7H7NO5. The van der Waals surface area contributed by atoms with Crippen LogP contribution in [0.5, 0.6) is 11.5 Å². The van der Waals surface area contributed by atoms with Crippen LogP contribution >= 0.6 is 0 Å². The van der Waals surface area contributed by atoms with E-state index >= 15 is 0 Å². The van der Waals surface area contributed by atoms with Crippen molar-refractivity contribution >= 4 is 5.69 Å². The fourth-order valence-corrected chi connectivity index (χ4v) is 0.906. The summed E-state index contributed by atoms with van der Waals surface area (Å²) in [6, 6.07) is 1.74. The Morgan fingerprint density at radius 2 is 1.85 bits per heavy atom. The SMILES string of the molecule is O=[N+]([O-])c1cc(O)c(O)cc1CO. The minimum absolute atomic E-state index is 0.0414. The minimum atomic E-state index is -0.745. The number of nitro benzene ring substituents is 1. The molecule has 0 atom stereocenters. The van der Waals surface area contributed by atoms with Crippen LogP contribution < -0.4 is 0 Å². The minimum Gasteiger partial charge on any atom is -0.504 e. The summed E-state index contributed by atoms with van der Waals surface area (Å²) in [6.45, 7) is -0.565. The highest BCUT2D eigenvalue weighted by molar-refractivity contribution is 5.52. The molecule has 13 heavy (non-hydrogen) atoms. The van der Waals surface area contributed by atoms with Gasteiger partial charge in [-0.2, -0.15) is 0 Å². The van der Waals surface area contributed by atoms with E-state index in [2.05, 4.69) is 0 Å². The Labute approximate surface area is 72.8 Å².